The van der Waals surface area contributed by atoms with E-state index in [-0.39, 0.29) is 17.7 Å². The standard InChI is InChI=1S/C49H31F13/c50-44(51,45(52,53)46(54,55)47(56,57)48(58,59)49(60,61)62)42-30-28-41(29-31-42)43(38-22-16-35(17-23-38)32-10-4-1-5-11-32,39-24-18-36(19-25-39)33-12-6-2-7-13-33)40-26-20-37(21-27-40)34-14-8-3-9-15-34/h1-31H. The summed E-state index contributed by atoms with van der Waals surface area (Å²) >= 11 is 0. The molecule has 0 spiro atoms. The second kappa shape index (κ2) is 15.8. The number of alkyl halides is 13. The summed E-state index contributed by atoms with van der Waals surface area (Å²) in [4.78, 5) is 0. The maximum absolute atomic E-state index is 15.6. The van der Waals surface area contributed by atoms with Gasteiger partial charge in [0, 0.05) is 5.56 Å². The van der Waals surface area contributed by atoms with E-state index in [2.05, 4.69) is 0 Å². The molecule has 0 atom stereocenters. The number of rotatable bonds is 12. The maximum Gasteiger partial charge on any atom is 0.460 e. The zero-order valence-corrected chi connectivity index (χ0v) is 31.8. The third kappa shape index (κ3) is 7.10. The van der Waals surface area contributed by atoms with Crippen LogP contribution in [0.5, 0.6) is 0 Å². The van der Waals surface area contributed by atoms with Gasteiger partial charge >= 0.3 is 35.8 Å². The van der Waals surface area contributed by atoms with Gasteiger partial charge in [-0.05, 0) is 55.6 Å². The average molecular weight is 867 g/mol. The van der Waals surface area contributed by atoms with Crippen LogP contribution in [0.1, 0.15) is 27.8 Å². The summed E-state index contributed by atoms with van der Waals surface area (Å²) in [5, 5.41) is 0. The highest BCUT2D eigenvalue weighted by atomic mass is 19.4. The van der Waals surface area contributed by atoms with E-state index in [4.69, 9.17) is 0 Å². The van der Waals surface area contributed by atoms with Crippen molar-refractivity contribution in [2.45, 2.75) is 41.2 Å². The molecule has 0 radical (unpaired) electrons. The predicted octanol–water partition coefficient (Wildman–Crippen LogP) is 15.3. The molecule has 0 aromatic heterocycles. The maximum atomic E-state index is 15.6. The minimum absolute atomic E-state index is 0.0634. The van der Waals surface area contributed by atoms with Crippen LogP contribution in [-0.4, -0.2) is 29.9 Å². The van der Waals surface area contributed by atoms with Crippen LogP contribution in [0.2, 0.25) is 0 Å². The Morgan fingerprint density at radius 2 is 0.435 bits per heavy atom. The molecule has 0 heterocycles. The first-order valence-electron chi connectivity index (χ1n) is 18.7. The van der Waals surface area contributed by atoms with Gasteiger partial charge in [-0.2, -0.15) is 57.1 Å². The van der Waals surface area contributed by atoms with Gasteiger partial charge in [-0.25, -0.2) is 0 Å². The van der Waals surface area contributed by atoms with Crippen LogP contribution in [0.25, 0.3) is 33.4 Å². The molecule has 0 unspecified atom stereocenters. The summed E-state index contributed by atoms with van der Waals surface area (Å²) in [5.41, 5.74) is 2.76. The fourth-order valence-corrected chi connectivity index (χ4v) is 7.51. The van der Waals surface area contributed by atoms with Crippen molar-refractivity contribution in [1.29, 1.82) is 0 Å². The minimum Gasteiger partial charge on any atom is -0.194 e. The molecule has 318 valence electrons. The van der Waals surface area contributed by atoms with E-state index in [0.717, 1.165) is 45.5 Å². The fourth-order valence-electron chi connectivity index (χ4n) is 7.51. The van der Waals surface area contributed by atoms with E-state index in [1.165, 1.54) is 0 Å². The number of hydrogen-bond acceptors (Lipinski definition) is 0. The monoisotopic (exact) mass is 866 g/mol. The van der Waals surface area contributed by atoms with Gasteiger partial charge in [0.15, 0.2) is 0 Å². The van der Waals surface area contributed by atoms with Crippen molar-refractivity contribution < 1.29 is 57.1 Å². The molecule has 0 fully saturated rings. The Bertz CT molecular complexity index is 2390. The van der Waals surface area contributed by atoms with Gasteiger partial charge in [-0.15, -0.1) is 0 Å². The molecule has 0 saturated heterocycles. The Labute approximate surface area is 346 Å². The Kier molecular flexibility index (Phi) is 11.2. The molecule has 0 N–H and O–H groups in total. The Balaban J connectivity index is 1.43. The Morgan fingerprint density at radius 3 is 0.710 bits per heavy atom. The molecule has 62 heavy (non-hydrogen) atoms. The SMILES string of the molecule is FC(F)(F)C(F)(F)C(F)(F)C(F)(F)C(F)(F)C(F)(F)c1ccc(C(c2ccc(-c3ccccc3)cc2)(c2ccc(-c3ccccc3)cc2)c2ccc(-c3ccccc3)cc2)cc1. The molecule has 7 aromatic rings. The van der Waals surface area contributed by atoms with Gasteiger partial charge in [-0.1, -0.05) is 188 Å². The van der Waals surface area contributed by atoms with Crippen molar-refractivity contribution in [3.63, 3.8) is 0 Å². The molecular weight excluding hydrogens is 836 g/mol. The van der Waals surface area contributed by atoms with Crippen molar-refractivity contribution in [3.8, 4) is 33.4 Å². The third-order valence-corrected chi connectivity index (χ3v) is 10.9. The van der Waals surface area contributed by atoms with Crippen LogP contribution in [0.3, 0.4) is 0 Å². The van der Waals surface area contributed by atoms with Crippen molar-refractivity contribution in [1.82, 2.24) is 0 Å². The number of hydrogen-bond donors (Lipinski definition) is 0. The average Bonchev–Trinajstić information content (AvgIpc) is 3.28. The van der Waals surface area contributed by atoms with Crippen molar-refractivity contribution in [2.75, 3.05) is 0 Å². The normalized spacial score (nSPS) is 13.2. The van der Waals surface area contributed by atoms with Crippen LogP contribution in [0.4, 0.5) is 57.1 Å². The van der Waals surface area contributed by atoms with E-state index >= 15 is 17.6 Å². The van der Waals surface area contributed by atoms with Crippen molar-refractivity contribution in [3.05, 3.63) is 216 Å². The lowest BCUT2D eigenvalue weighted by Gasteiger charge is -2.40. The smallest absolute Gasteiger partial charge is 0.194 e. The highest BCUT2D eigenvalue weighted by Crippen LogP contribution is 2.62. The topological polar surface area (TPSA) is 0 Å². The van der Waals surface area contributed by atoms with Crippen molar-refractivity contribution in [2.24, 2.45) is 0 Å². The number of halogens is 13. The summed E-state index contributed by atoms with van der Waals surface area (Å²) in [6.07, 6.45) is -7.51. The van der Waals surface area contributed by atoms with Gasteiger partial charge in [-0.3, -0.25) is 0 Å². The molecule has 0 aliphatic rings. The molecule has 13 heteroatoms. The molecule has 7 rings (SSSR count). The van der Waals surface area contributed by atoms with Gasteiger partial charge in [0.2, 0.25) is 0 Å². The van der Waals surface area contributed by atoms with E-state index in [9.17, 15) is 39.5 Å². The van der Waals surface area contributed by atoms with E-state index in [0.29, 0.717) is 16.7 Å². The summed E-state index contributed by atoms with van der Waals surface area (Å²) in [7, 11) is 0. The molecule has 0 bridgehead atoms. The van der Waals surface area contributed by atoms with Gasteiger partial charge in [0.1, 0.15) is 0 Å². The first kappa shape index (κ1) is 43.7. The molecule has 0 aliphatic heterocycles. The third-order valence-electron chi connectivity index (χ3n) is 10.9. The van der Waals surface area contributed by atoms with Crippen LogP contribution >= 0.6 is 0 Å². The van der Waals surface area contributed by atoms with E-state index in [1.807, 2.05) is 91.0 Å². The summed E-state index contributed by atoms with van der Waals surface area (Å²) in [6.45, 7) is 0. The van der Waals surface area contributed by atoms with Crippen LogP contribution in [0.15, 0.2) is 188 Å². The number of benzene rings is 7. The minimum atomic E-state index is -8.01. The largest absolute Gasteiger partial charge is 0.460 e. The Hall–Kier alpha value is -6.37. The summed E-state index contributed by atoms with van der Waals surface area (Å²) in [6, 6.07) is 51.1. The van der Waals surface area contributed by atoms with Crippen LogP contribution in [0, 0.1) is 0 Å². The van der Waals surface area contributed by atoms with E-state index < -0.39 is 46.8 Å². The first-order valence-corrected chi connectivity index (χ1v) is 18.7. The lowest BCUT2D eigenvalue weighted by molar-refractivity contribution is -0.441. The van der Waals surface area contributed by atoms with E-state index in [1.54, 1.807) is 72.8 Å². The highest BCUT2D eigenvalue weighted by Gasteiger charge is 2.90. The van der Waals surface area contributed by atoms with Gasteiger partial charge < -0.3 is 0 Å². The molecule has 0 aliphatic carbocycles. The molecule has 7 aromatic carbocycles. The summed E-state index contributed by atoms with van der Waals surface area (Å²) in [5.74, 6) is -37.7. The molecule has 0 amide bonds. The zero-order valence-electron chi connectivity index (χ0n) is 31.8. The molecular formula is C49H31F13. The lowest BCUT2D eigenvalue weighted by Crippen LogP contribution is -2.69. The second-order valence-electron chi connectivity index (χ2n) is 14.5. The van der Waals surface area contributed by atoms with Gasteiger partial charge in [0.05, 0.1) is 5.41 Å². The van der Waals surface area contributed by atoms with Crippen LogP contribution in [-0.2, 0) is 11.3 Å². The summed E-state index contributed by atoms with van der Waals surface area (Å²) < 4.78 is 184. The zero-order chi connectivity index (χ0) is 44.8. The van der Waals surface area contributed by atoms with Crippen LogP contribution < -0.4 is 0 Å². The predicted molar refractivity (Wildman–Crippen MR) is 211 cm³/mol. The highest BCUT2D eigenvalue weighted by molar-refractivity contribution is 5.71. The molecule has 0 nitrogen and oxygen atoms in total. The van der Waals surface area contributed by atoms with Gasteiger partial charge in [0.25, 0.3) is 0 Å². The Morgan fingerprint density at radius 1 is 0.210 bits per heavy atom. The quantitative estimate of drug-likeness (QED) is 0.0848. The second-order valence-corrected chi connectivity index (χ2v) is 14.5. The first-order chi connectivity index (χ1) is 29.2. The van der Waals surface area contributed by atoms with Crippen molar-refractivity contribution >= 4 is 0 Å². The molecule has 0 saturated carbocycles. The fraction of sp³-hybridized carbons (Fsp3) is 0.143. The lowest BCUT2D eigenvalue weighted by atomic mass is 9.64.